The van der Waals surface area contributed by atoms with E-state index in [1.165, 1.54) is 39.3 Å². The van der Waals surface area contributed by atoms with E-state index in [0.29, 0.717) is 0 Å². The Morgan fingerprint density at radius 3 is 2.83 bits per heavy atom. The predicted octanol–water partition coefficient (Wildman–Crippen LogP) is 5.83. The lowest BCUT2D eigenvalue weighted by molar-refractivity contribution is 0.468. The van der Waals surface area contributed by atoms with Gasteiger partial charge in [-0.1, -0.05) is 54.6 Å². The van der Waals surface area contributed by atoms with E-state index in [1.807, 2.05) is 6.08 Å². The van der Waals surface area contributed by atoms with Gasteiger partial charge in [0.05, 0.1) is 6.26 Å². The van der Waals surface area contributed by atoms with E-state index in [9.17, 15) is 5.11 Å². The molecule has 1 heteroatoms. The first-order valence-electron chi connectivity index (χ1n) is 8.27. The molecule has 2 aliphatic rings. The molecule has 1 nitrogen and oxygen atoms in total. The van der Waals surface area contributed by atoms with Crippen LogP contribution in [-0.2, 0) is 6.42 Å². The standard InChI is InChI=1S/C22H20O/c23-14-13-16-7-1-3-9-18(16)22-15-17-8-2-4-10-19(17)20-11-5-6-12-21(20)22/h1-3,5-6,8-9,11-16,23H,4,7,10H2/b14-13+. The number of benzene rings is 2. The number of hydrogen-bond donors (Lipinski definition) is 1. The van der Waals surface area contributed by atoms with Gasteiger partial charge in [0, 0.05) is 5.92 Å². The summed E-state index contributed by atoms with van der Waals surface area (Å²) in [5.41, 5.74) is 5.38. The Balaban J connectivity index is 1.99. The SMILES string of the molecule is O/C=C/C1CC=CC=C1c1cc2c(c3ccccc13)CCC=C2. The molecule has 2 aliphatic carbocycles. The van der Waals surface area contributed by atoms with Crippen LogP contribution in [0.1, 0.15) is 29.5 Å². The fourth-order valence-corrected chi connectivity index (χ4v) is 3.78. The van der Waals surface area contributed by atoms with Crippen molar-refractivity contribution in [2.24, 2.45) is 5.92 Å². The molecule has 1 N–H and O–H groups in total. The Morgan fingerprint density at radius 1 is 1.09 bits per heavy atom. The molecule has 2 aromatic carbocycles. The quantitative estimate of drug-likeness (QED) is 0.692. The van der Waals surface area contributed by atoms with Gasteiger partial charge >= 0.3 is 0 Å². The van der Waals surface area contributed by atoms with E-state index >= 15 is 0 Å². The van der Waals surface area contributed by atoms with Gasteiger partial charge in [-0.15, -0.1) is 0 Å². The molecule has 1 unspecified atom stereocenters. The number of aliphatic hydroxyl groups excluding tert-OH is 1. The minimum Gasteiger partial charge on any atom is -0.516 e. The molecule has 0 heterocycles. The molecule has 4 rings (SSSR count). The molecule has 0 amide bonds. The van der Waals surface area contributed by atoms with Crippen LogP contribution in [0.15, 0.2) is 67.0 Å². The lowest BCUT2D eigenvalue weighted by atomic mass is 9.81. The van der Waals surface area contributed by atoms with Crippen LogP contribution in [0.4, 0.5) is 0 Å². The first kappa shape index (κ1) is 14.1. The third kappa shape index (κ3) is 2.43. The van der Waals surface area contributed by atoms with Crippen molar-refractivity contribution < 1.29 is 5.11 Å². The molecular formula is C22H20O. The topological polar surface area (TPSA) is 20.2 Å². The van der Waals surface area contributed by atoms with Crippen LogP contribution in [0.5, 0.6) is 0 Å². The highest BCUT2D eigenvalue weighted by Gasteiger charge is 2.19. The summed E-state index contributed by atoms with van der Waals surface area (Å²) in [7, 11) is 0. The lowest BCUT2D eigenvalue weighted by Gasteiger charge is -2.23. The second-order valence-electron chi connectivity index (χ2n) is 6.21. The summed E-state index contributed by atoms with van der Waals surface area (Å²) in [6.07, 6.45) is 17.2. The molecule has 0 bridgehead atoms. The van der Waals surface area contributed by atoms with E-state index in [-0.39, 0.29) is 5.92 Å². The minimum absolute atomic E-state index is 0.235. The van der Waals surface area contributed by atoms with Crippen LogP contribution >= 0.6 is 0 Å². The van der Waals surface area contributed by atoms with Gasteiger partial charge in [-0.3, -0.25) is 0 Å². The summed E-state index contributed by atoms with van der Waals surface area (Å²) in [6, 6.07) is 11.0. The maximum atomic E-state index is 9.25. The first-order valence-corrected chi connectivity index (χ1v) is 8.27. The van der Waals surface area contributed by atoms with Gasteiger partial charge in [0.2, 0.25) is 0 Å². The Labute approximate surface area is 137 Å². The molecule has 0 radical (unpaired) electrons. The molecule has 114 valence electrons. The predicted molar refractivity (Wildman–Crippen MR) is 98.3 cm³/mol. The lowest BCUT2D eigenvalue weighted by Crippen LogP contribution is -2.05. The highest BCUT2D eigenvalue weighted by atomic mass is 16.2. The van der Waals surface area contributed by atoms with E-state index in [4.69, 9.17) is 0 Å². The van der Waals surface area contributed by atoms with E-state index in [0.717, 1.165) is 19.3 Å². The smallest absolute Gasteiger partial charge is 0.0758 e. The van der Waals surface area contributed by atoms with Crippen LogP contribution in [-0.4, -0.2) is 5.11 Å². The second-order valence-corrected chi connectivity index (χ2v) is 6.21. The molecule has 0 fully saturated rings. The van der Waals surface area contributed by atoms with Crippen molar-refractivity contribution in [3.63, 3.8) is 0 Å². The highest BCUT2D eigenvalue weighted by Crippen LogP contribution is 2.38. The van der Waals surface area contributed by atoms with Crippen molar-refractivity contribution in [3.05, 3.63) is 83.7 Å². The van der Waals surface area contributed by atoms with Crippen LogP contribution in [0, 0.1) is 5.92 Å². The summed E-state index contributed by atoms with van der Waals surface area (Å²) in [5.74, 6) is 0.235. The average molecular weight is 300 g/mol. The first-order chi connectivity index (χ1) is 11.4. The van der Waals surface area contributed by atoms with Gasteiger partial charge in [-0.05, 0) is 64.4 Å². The number of allylic oxidation sites excluding steroid dienone is 6. The van der Waals surface area contributed by atoms with Crippen molar-refractivity contribution in [3.8, 4) is 0 Å². The highest BCUT2D eigenvalue weighted by molar-refractivity contribution is 5.99. The molecule has 1 atom stereocenters. The Morgan fingerprint density at radius 2 is 1.96 bits per heavy atom. The van der Waals surface area contributed by atoms with E-state index < -0.39 is 0 Å². The molecule has 0 aromatic heterocycles. The minimum atomic E-state index is 0.235. The van der Waals surface area contributed by atoms with Gasteiger partial charge in [-0.25, -0.2) is 0 Å². The molecule has 2 aromatic rings. The Bertz CT molecular complexity index is 865. The zero-order valence-electron chi connectivity index (χ0n) is 13.1. The summed E-state index contributed by atoms with van der Waals surface area (Å²) in [5, 5.41) is 11.9. The molecule has 0 aliphatic heterocycles. The van der Waals surface area contributed by atoms with Gasteiger partial charge in [0.15, 0.2) is 0 Å². The van der Waals surface area contributed by atoms with Gasteiger partial charge in [0.25, 0.3) is 0 Å². The summed E-state index contributed by atoms with van der Waals surface area (Å²) < 4.78 is 0. The number of rotatable bonds is 2. The van der Waals surface area contributed by atoms with Crippen molar-refractivity contribution in [2.45, 2.75) is 19.3 Å². The van der Waals surface area contributed by atoms with Crippen LogP contribution in [0.2, 0.25) is 0 Å². The van der Waals surface area contributed by atoms with Crippen LogP contribution < -0.4 is 0 Å². The van der Waals surface area contributed by atoms with Crippen molar-refractivity contribution in [1.29, 1.82) is 0 Å². The van der Waals surface area contributed by atoms with Crippen molar-refractivity contribution in [1.82, 2.24) is 0 Å². The van der Waals surface area contributed by atoms with Gasteiger partial charge < -0.3 is 5.11 Å². The third-order valence-electron chi connectivity index (χ3n) is 4.88. The Hall–Kier alpha value is -2.54. The molecular weight excluding hydrogens is 280 g/mol. The van der Waals surface area contributed by atoms with Crippen molar-refractivity contribution >= 4 is 22.4 Å². The largest absolute Gasteiger partial charge is 0.516 e. The van der Waals surface area contributed by atoms with Crippen LogP contribution in [0.25, 0.3) is 22.4 Å². The van der Waals surface area contributed by atoms with E-state index in [1.54, 1.807) is 0 Å². The number of hydrogen-bond acceptors (Lipinski definition) is 1. The maximum Gasteiger partial charge on any atom is 0.0758 e. The summed E-state index contributed by atoms with van der Waals surface area (Å²) in [4.78, 5) is 0. The van der Waals surface area contributed by atoms with Gasteiger partial charge in [-0.2, -0.15) is 0 Å². The number of fused-ring (bicyclic) bond motifs is 3. The average Bonchev–Trinajstić information content (AvgIpc) is 2.62. The zero-order chi connectivity index (χ0) is 15.6. The van der Waals surface area contributed by atoms with E-state index in [2.05, 4.69) is 60.7 Å². The monoisotopic (exact) mass is 300 g/mol. The fourth-order valence-electron chi connectivity index (χ4n) is 3.78. The zero-order valence-corrected chi connectivity index (χ0v) is 13.1. The molecule has 0 saturated heterocycles. The molecule has 0 spiro atoms. The molecule has 0 saturated carbocycles. The number of aliphatic hydroxyl groups is 1. The van der Waals surface area contributed by atoms with Crippen LogP contribution in [0.3, 0.4) is 0 Å². The third-order valence-corrected chi connectivity index (χ3v) is 4.88. The summed E-state index contributed by atoms with van der Waals surface area (Å²) >= 11 is 0. The second kappa shape index (κ2) is 5.92. The normalized spacial score (nSPS) is 20.0. The number of aryl methyl sites for hydroxylation is 1. The summed E-state index contributed by atoms with van der Waals surface area (Å²) in [6.45, 7) is 0. The van der Waals surface area contributed by atoms with Crippen molar-refractivity contribution in [2.75, 3.05) is 0 Å². The molecule has 23 heavy (non-hydrogen) atoms. The fraction of sp³-hybridized carbons (Fsp3) is 0.182. The maximum absolute atomic E-state index is 9.25. The van der Waals surface area contributed by atoms with Gasteiger partial charge in [0.1, 0.15) is 0 Å². The Kier molecular flexibility index (Phi) is 3.63.